The van der Waals surface area contributed by atoms with Gasteiger partial charge in [-0.3, -0.25) is 0 Å². The minimum Gasteiger partial charge on any atom is -0.381 e. The lowest BCUT2D eigenvalue weighted by Gasteiger charge is -2.51. The number of methoxy groups -OCH3 is 1. The molecule has 3 rings (SSSR count). The molecule has 0 radical (unpaired) electrons. The number of ether oxygens (including phenoxy) is 1. The molecule has 1 aliphatic rings. The molecule has 0 bridgehead atoms. The lowest BCUT2D eigenvalue weighted by molar-refractivity contribution is -0.0793. The van der Waals surface area contributed by atoms with Crippen LogP contribution in [0.2, 0.25) is 0 Å². The van der Waals surface area contributed by atoms with Crippen molar-refractivity contribution >= 4 is 27.4 Å². The van der Waals surface area contributed by atoms with Crippen LogP contribution in [0.25, 0.3) is 10.9 Å². The Morgan fingerprint density at radius 2 is 2.17 bits per heavy atom. The third kappa shape index (κ3) is 1.71. The Kier molecular flexibility index (Phi) is 2.79. The number of aromatic nitrogens is 1. The van der Waals surface area contributed by atoms with Gasteiger partial charge in [-0.15, -0.1) is 0 Å². The number of anilines is 1. The second kappa shape index (κ2) is 4.21. The summed E-state index contributed by atoms with van der Waals surface area (Å²) in [4.78, 5) is 0. The van der Waals surface area contributed by atoms with Gasteiger partial charge >= 0.3 is 0 Å². The Morgan fingerprint density at radius 1 is 1.39 bits per heavy atom. The Morgan fingerprint density at radius 3 is 2.89 bits per heavy atom. The Labute approximate surface area is 111 Å². The van der Waals surface area contributed by atoms with Crippen LogP contribution >= 0.6 is 11.5 Å². The van der Waals surface area contributed by atoms with Crippen LogP contribution in [0.5, 0.6) is 0 Å². The summed E-state index contributed by atoms with van der Waals surface area (Å²) in [6.45, 7) is 4.51. The van der Waals surface area contributed by atoms with Gasteiger partial charge in [0.1, 0.15) is 5.00 Å². The highest BCUT2D eigenvalue weighted by molar-refractivity contribution is 7.11. The molecule has 1 aliphatic carbocycles. The van der Waals surface area contributed by atoms with Crippen LogP contribution in [0.1, 0.15) is 20.3 Å². The zero-order chi connectivity index (χ0) is 12.8. The highest BCUT2D eigenvalue weighted by atomic mass is 32.1. The van der Waals surface area contributed by atoms with Gasteiger partial charge in [0.15, 0.2) is 0 Å². The van der Waals surface area contributed by atoms with Crippen LogP contribution in [-0.4, -0.2) is 23.6 Å². The zero-order valence-corrected chi connectivity index (χ0v) is 11.8. The van der Waals surface area contributed by atoms with E-state index in [2.05, 4.69) is 41.7 Å². The summed E-state index contributed by atoms with van der Waals surface area (Å²) in [5.41, 5.74) is 1.25. The summed E-state index contributed by atoms with van der Waals surface area (Å²) in [5.74, 6) is 0. The maximum atomic E-state index is 5.49. The smallest absolute Gasteiger partial charge is 0.117 e. The predicted octanol–water partition coefficient (Wildman–Crippen LogP) is 3.52. The van der Waals surface area contributed by atoms with Crippen LogP contribution in [-0.2, 0) is 4.74 Å². The van der Waals surface area contributed by atoms with Crippen LogP contribution in [0.15, 0.2) is 24.3 Å². The fraction of sp³-hybridized carbons (Fsp3) is 0.500. The second-order valence-corrected chi connectivity index (χ2v) is 6.28. The molecule has 0 spiro atoms. The molecule has 2 aromatic rings. The molecule has 0 amide bonds. The van der Waals surface area contributed by atoms with Gasteiger partial charge in [-0.05, 0) is 30.1 Å². The van der Waals surface area contributed by atoms with Crippen molar-refractivity contribution in [3.05, 3.63) is 24.3 Å². The summed E-state index contributed by atoms with van der Waals surface area (Å²) in [7, 11) is 1.80. The van der Waals surface area contributed by atoms with Gasteiger partial charge in [-0.25, -0.2) is 0 Å². The highest BCUT2D eigenvalue weighted by Crippen LogP contribution is 2.45. The molecular formula is C14H18N2OS. The molecule has 1 aromatic heterocycles. The van der Waals surface area contributed by atoms with E-state index in [0.29, 0.717) is 12.1 Å². The number of nitrogens with one attached hydrogen (secondary N) is 1. The second-order valence-electron chi connectivity index (χ2n) is 5.51. The largest absolute Gasteiger partial charge is 0.381 e. The van der Waals surface area contributed by atoms with Crippen molar-refractivity contribution in [3.63, 3.8) is 0 Å². The number of fused-ring (bicyclic) bond motifs is 1. The molecule has 2 unspecified atom stereocenters. The van der Waals surface area contributed by atoms with Gasteiger partial charge in [0.25, 0.3) is 0 Å². The fourth-order valence-electron chi connectivity index (χ4n) is 2.68. The minimum atomic E-state index is 0.180. The van der Waals surface area contributed by atoms with E-state index in [1.807, 2.05) is 6.07 Å². The number of hydrogen-bond donors (Lipinski definition) is 1. The Balaban J connectivity index is 1.82. The zero-order valence-electron chi connectivity index (χ0n) is 10.9. The average Bonchev–Trinajstić information content (AvgIpc) is 2.77. The van der Waals surface area contributed by atoms with Crippen molar-refractivity contribution in [1.29, 1.82) is 0 Å². The molecule has 18 heavy (non-hydrogen) atoms. The van der Waals surface area contributed by atoms with Crippen molar-refractivity contribution in [1.82, 2.24) is 4.37 Å². The van der Waals surface area contributed by atoms with Crippen molar-refractivity contribution in [3.8, 4) is 0 Å². The monoisotopic (exact) mass is 262 g/mol. The molecule has 2 atom stereocenters. The maximum Gasteiger partial charge on any atom is 0.117 e. The van der Waals surface area contributed by atoms with Crippen molar-refractivity contribution in [2.45, 2.75) is 32.4 Å². The standard InChI is InChI=1S/C14H18N2OS/c1-14(2)11(8-12(14)17-3)15-13-9-6-4-5-7-10(9)16-18-13/h4-7,11-12,15H,8H2,1-3H3. The molecule has 1 saturated carbocycles. The van der Waals surface area contributed by atoms with Gasteiger partial charge in [0, 0.05) is 24.0 Å². The Bertz CT molecular complexity index is 564. The first kappa shape index (κ1) is 11.9. The third-order valence-electron chi connectivity index (χ3n) is 4.15. The fourth-order valence-corrected chi connectivity index (χ4v) is 3.50. The molecule has 1 fully saturated rings. The predicted molar refractivity (Wildman–Crippen MR) is 76.2 cm³/mol. The minimum absolute atomic E-state index is 0.180. The van der Waals surface area contributed by atoms with Crippen LogP contribution in [0.3, 0.4) is 0 Å². The molecule has 1 aromatic carbocycles. The van der Waals surface area contributed by atoms with Crippen LogP contribution in [0, 0.1) is 5.41 Å². The van der Waals surface area contributed by atoms with Crippen molar-refractivity contribution < 1.29 is 4.74 Å². The van der Waals surface area contributed by atoms with Gasteiger partial charge in [0.05, 0.1) is 11.6 Å². The highest BCUT2D eigenvalue weighted by Gasteiger charge is 2.48. The van der Waals surface area contributed by atoms with E-state index in [-0.39, 0.29) is 5.41 Å². The van der Waals surface area contributed by atoms with Gasteiger partial charge in [0.2, 0.25) is 0 Å². The SMILES string of the molecule is COC1CC(Nc2snc3ccccc23)C1(C)C. The summed E-state index contributed by atoms with van der Waals surface area (Å²) < 4.78 is 9.95. The van der Waals surface area contributed by atoms with E-state index in [1.165, 1.54) is 10.4 Å². The van der Waals surface area contributed by atoms with Crippen molar-refractivity contribution in [2.24, 2.45) is 5.41 Å². The first-order valence-corrected chi connectivity index (χ1v) is 7.04. The van der Waals surface area contributed by atoms with E-state index in [4.69, 9.17) is 4.74 Å². The van der Waals surface area contributed by atoms with E-state index in [9.17, 15) is 0 Å². The maximum absolute atomic E-state index is 5.49. The van der Waals surface area contributed by atoms with E-state index >= 15 is 0 Å². The normalized spacial score (nSPS) is 25.9. The van der Waals surface area contributed by atoms with Gasteiger partial charge in [-0.2, -0.15) is 4.37 Å². The molecule has 4 heteroatoms. The van der Waals surface area contributed by atoms with E-state index in [1.54, 1.807) is 18.6 Å². The first-order chi connectivity index (χ1) is 8.63. The Hall–Kier alpha value is -1.13. The van der Waals surface area contributed by atoms with Gasteiger partial charge in [-0.1, -0.05) is 26.0 Å². The topological polar surface area (TPSA) is 34.1 Å². The molecule has 3 nitrogen and oxygen atoms in total. The summed E-state index contributed by atoms with van der Waals surface area (Å²) in [6, 6.07) is 8.74. The molecular weight excluding hydrogens is 244 g/mol. The van der Waals surface area contributed by atoms with Crippen LogP contribution in [0.4, 0.5) is 5.00 Å². The van der Waals surface area contributed by atoms with Crippen LogP contribution < -0.4 is 5.32 Å². The first-order valence-electron chi connectivity index (χ1n) is 6.26. The number of hydrogen-bond acceptors (Lipinski definition) is 4. The van der Waals surface area contributed by atoms with Gasteiger partial charge < -0.3 is 10.1 Å². The van der Waals surface area contributed by atoms with Crippen molar-refractivity contribution in [2.75, 3.05) is 12.4 Å². The number of nitrogens with zero attached hydrogens (tertiary/aromatic N) is 1. The number of rotatable bonds is 3. The molecule has 1 heterocycles. The third-order valence-corrected chi connectivity index (χ3v) is 4.96. The average molecular weight is 262 g/mol. The lowest BCUT2D eigenvalue weighted by atomic mass is 9.64. The molecule has 0 saturated heterocycles. The lowest BCUT2D eigenvalue weighted by Crippen LogP contribution is -2.57. The molecule has 96 valence electrons. The number of benzene rings is 1. The molecule has 1 N–H and O–H groups in total. The van der Waals surface area contributed by atoms with E-state index < -0.39 is 0 Å². The van der Waals surface area contributed by atoms with E-state index in [0.717, 1.165) is 11.9 Å². The summed E-state index contributed by atoms with van der Waals surface area (Å²) >= 11 is 1.55. The summed E-state index contributed by atoms with van der Waals surface area (Å²) in [5, 5.41) is 6.03. The molecule has 0 aliphatic heterocycles. The quantitative estimate of drug-likeness (QED) is 0.919. The summed E-state index contributed by atoms with van der Waals surface area (Å²) in [6.07, 6.45) is 1.42.